The van der Waals surface area contributed by atoms with Crippen molar-refractivity contribution in [2.45, 2.75) is 65.1 Å². The number of hydrogen-bond donors (Lipinski definition) is 0. The molecule has 0 saturated heterocycles. The van der Waals surface area contributed by atoms with E-state index in [2.05, 4.69) is 62.0 Å². The summed E-state index contributed by atoms with van der Waals surface area (Å²) in [5, 5.41) is 5.32. The van der Waals surface area contributed by atoms with Crippen molar-refractivity contribution >= 4 is 16.9 Å². The van der Waals surface area contributed by atoms with E-state index >= 15 is 0 Å². The van der Waals surface area contributed by atoms with E-state index in [9.17, 15) is 4.79 Å². The summed E-state index contributed by atoms with van der Waals surface area (Å²) >= 11 is 0. The predicted octanol–water partition coefficient (Wildman–Crippen LogP) is 4.94. The minimum absolute atomic E-state index is 0.0575. The number of carbonyl (C=O) groups excluding carboxylic acids is 1. The second-order valence-corrected chi connectivity index (χ2v) is 8.38. The number of nitrogens with zero attached hydrogens (tertiary/aromatic N) is 4. The van der Waals surface area contributed by atoms with Crippen LogP contribution in [0, 0.1) is 0 Å². The van der Waals surface area contributed by atoms with Crippen molar-refractivity contribution < 1.29 is 4.79 Å². The molecule has 0 bridgehead atoms. The summed E-state index contributed by atoms with van der Waals surface area (Å²) in [6.45, 7) is 9.18. The molecule has 0 spiro atoms. The van der Waals surface area contributed by atoms with Crippen molar-refractivity contribution in [3.05, 3.63) is 59.4 Å². The van der Waals surface area contributed by atoms with Crippen LogP contribution in [0.15, 0.2) is 42.7 Å². The third kappa shape index (κ3) is 3.66. The standard InChI is InChI=1S/C23H28N4O/c1-15(2)18-7-5-17(6-8-18)14-26(21-9-10-21)23(28)20-11-19-13-25-27(16(3)4)22(19)24-12-20/h5-8,11-13,15-16,21H,9-10,14H2,1-4H3. The minimum Gasteiger partial charge on any atom is -0.331 e. The quantitative estimate of drug-likeness (QED) is 0.612. The molecule has 0 aliphatic heterocycles. The summed E-state index contributed by atoms with van der Waals surface area (Å²) < 4.78 is 1.89. The first-order valence-corrected chi connectivity index (χ1v) is 10.2. The molecule has 1 fully saturated rings. The molecule has 5 heteroatoms. The average molecular weight is 377 g/mol. The molecule has 1 saturated carbocycles. The SMILES string of the molecule is CC(C)c1ccc(CN(C(=O)c2cnc3c(cnn3C(C)C)c2)C2CC2)cc1. The number of fused-ring (bicyclic) bond motifs is 1. The van der Waals surface area contributed by atoms with Gasteiger partial charge in [0.25, 0.3) is 5.91 Å². The molecule has 4 rings (SSSR count). The van der Waals surface area contributed by atoms with Gasteiger partial charge in [-0.05, 0) is 49.8 Å². The number of hydrogen-bond acceptors (Lipinski definition) is 3. The van der Waals surface area contributed by atoms with Crippen molar-refractivity contribution in [1.29, 1.82) is 0 Å². The fourth-order valence-corrected chi connectivity index (χ4v) is 3.56. The molecule has 1 aliphatic carbocycles. The van der Waals surface area contributed by atoms with Crippen molar-refractivity contribution in [2.75, 3.05) is 0 Å². The molecule has 0 unspecified atom stereocenters. The van der Waals surface area contributed by atoms with E-state index in [1.165, 1.54) is 11.1 Å². The van der Waals surface area contributed by atoms with E-state index in [4.69, 9.17) is 0 Å². The third-order valence-corrected chi connectivity index (χ3v) is 5.42. The smallest absolute Gasteiger partial charge is 0.255 e. The maximum absolute atomic E-state index is 13.2. The zero-order valence-electron chi connectivity index (χ0n) is 17.1. The van der Waals surface area contributed by atoms with E-state index < -0.39 is 0 Å². The van der Waals surface area contributed by atoms with Crippen molar-refractivity contribution in [2.24, 2.45) is 0 Å². The number of carbonyl (C=O) groups is 1. The fraction of sp³-hybridized carbons (Fsp3) is 0.435. The van der Waals surface area contributed by atoms with E-state index in [1.807, 2.05) is 15.6 Å². The molecule has 1 aromatic carbocycles. The van der Waals surface area contributed by atoms with Crippen molar-refractivity contribution in [1.82, 2.24) is 19.7 Å². The van der Waals surface area contributed by atoms with Crippen molar-refractivity contribution in [3.63, 3.8) is 0 Å². The van der Waals surface area contributed by atoms with Gasteiger partial charge in [0.05, 0.1) is 11.8 Å². The second-order valence-electron chi connectivity index (χ2n) is 8.38. The fourth-order valence-electron chi connectivity index (χ4n) is 3.56. The first kappa shape index (κ1) is 18.7. The average Bonchev–Trinajstić information content (AvgIpc) is 3.43. The molecular formula is C23H28N4O. The van der Waals surface area contributed by atoms with Gasteiger partial charge in [-0.1, -0.05) is 38.1 Å². The lowest BCUT2D eigenvalue weighted by Crippen LogP contribution is -2.32. The van der Waals surface area contributed by atoms with Crippen LogP contribution in [0.1, 0.15) is 74.0 Å². The Labute approximate surface area is 166 Å². The van der Waals surface area contributed by atoms with Crippen LogP contribution in [0.5, 0.6) is 0 Å². The number of benzene rings is 1. The number of amides is 1. The lowest BCUT2D eigenvalue weighted by molar-refractivity contribution is 0.0729. The molecule has 0 atom stereocenters. The largest absolute Gasteiger partial charge is 0.331 e. The number of aromatic nitrogens is 3. The number of pyridine rings is 1. The van der Waals surface area contributed by atoms with Gasteiger partial charge < -0.3 is 4.90 Å². The van der Waals surface area contributed by atoms with Gasteiger partial charge in [-0.25, -0.2) is 9.67 Å². The highest BCUT2D eigenvalue weighted by Crippen LogP contribution is 2.30. The first-order chi connectivity index (χ1) is 13.4. The molecule has 5 nitrogen and oxygen atoms in total. The van der Waals surface area contributed by atoms with Crippen LogP contribution in [0.2, 0.25) is 0 Å². The maximum atomic E-state index is 13.2. The highest BCUT2D eigenvalue weighted by atomic mass is 16.2. The van der Waals surface area contributed by atoms with Gasteiger partial charge in [0.1, 0.15) is 0 Å². The van der Waals surface area contributed by atoms with Crippen LogP contribution < -0.4 is 0 Å². The summed E-state index contributed by atoms with van der Waals surface area (Å²) in [6.07, 6.45) is 5.65. The summed E-state index contributed by atoms with van der Waals surface area (Å²) in [6, 6.07) is 11.1. The topological polar surface area (TPSA) is 51.0 Å². The zero-order chi connectivity index (χ0) is 19.8. The lowest BCUT2D eigenvalue weighted by Gasteiger charge is -2.23. The van der Waals surface area contributed by atoms with Gasteiger partial charge >= 0.3 is 0 Å². The Balaban J connectivity index is 1.58. The van der Waals surface area contributed by atoms with E-state index in [0.717, 1.165) is 23.9 Å². The normalized spacial score (nSPS) is 14.2. The monoisotopic (exact) mass is 376 g/mol. The molecule has 3 aromatic rings. The van der Waals surface area contributed by atoms with Gasteiger partial charge in [0.2, 0.25) is 0 Å². The lowest BCUT2D eigenvalue weighted by atomic mass is 10.0. The molecule has 1 amide bonds. The number of rotatable bonds is 6. The third-order valence-electron chi connectivity index (χ3n) is 5.42. The second kappa shape index (κ2) is 7.38. The van der Waals surface area contributed by atoms with Crippen LogP contribution in [0.3, 0.4) is 0 Å². The van der Waals surface area contributed by atoms with E-state index in [0.29, 0.717) is 24.1 Å². The summed E-state index contributed by atoms with van der Waals surface area (Å²) in [5.74, 6) is 0.571. The molecule has 146 valence electrons. The highest BCUT2D eigenvalue weighted by Gasteiger charge is 2.33. The van der Waals surface area contributed by atoms with Gasteiger partial charge in [0, 0.05) is 30.2 Å². The van der Waals surface area contributed by atoms with Crippen LogP contribution in [-0.4, -0.2) is 31.6 Å². The Morgan fingerprint density at radius 1 is 1.14 bits per heavy atom. The Morgan fingerprint density at radius 3 is 2.46 bits per heavy atom. The van der Waals surface area contributed by atoms with Gasteiger partial charge in [-0.15, -0.1) is 0 Å². The van der Waals surface area contributed by atoms with Gasteiger partial charge in [0.15, 0.2) is 5.65 Å². The van der Waals surface area contributed by atoms with Gasteiger partial charge in [-0.3, -0.25) is 4.79 Å². The molecule has 0 N–H and O–H groups in total. The predicted molar refractivity (Wildman–Crippen MR) is 111 cm³/mol. The van der Waals surface area contributed by atoms with E-state index in [-0.39, 0.29) is 11.9 Å². The first-order valence-electron chi connectivity index (χ1n) is 10.2. The maximum Gasteiger partial charge on any atom is 0.255 e. The molecule has 0 radical (unpaired) electrons. The Kier molecular flexibility index (Phi) is 4.92. The van der Waals surface area contributed by atoms with Gasteiger partial charge in [-0.2, -0.15) is 5.10 Å². The Hall–Kier alpha value is -2.69. The Bertz CT molecular complexity index is 984. The van der Waals surface area contributed by atoms with Crippen molar-refractivity contribution in [3.8, 4) is 0 Å². The molecular weight excluding hydrogens is 348 g/mol. The summed E-state index contributed by atoms with van der Waals surface area (Å²) in [4.78, 5) is 19.8. The summed E-state index contributed by atoms with van der Waals surface area (Å²) in [7, 11) is 0. The van der Waals surface area contributed by atoms with Crippen LogP contribution in [0.4, 0.5) is 0 Å². The molecule has 2 aromatic heterocycles. The van der Waals surface area contributed by atoms with E-state index in [1.54, 1.807) is 12.4 Å². The van der Waals surface area contributed by atoms with Crippen LogP contribution in [0.25, 0.3) is 11.0 Å². The molecule has 2 heterocycles. The molecule has 28 heavy (non-hydrogen) atoms. The van der Waals surface area contributed by atoms with Crippen LogP contribution >= 0.6 is 0 Å². The highest BCUT2D eigenvalue weighted by molar-refractivity contribution is 5.97. The Morgan fingerprint density at radius 2 is 1.86 bits per heavy atom. The zero-order valence-corrected chi connectivity index (χ0v) is 17.1. The molecule has 1 aliphatic rings. The van der Waals surface area contributed by atoms with Crippen LogP contribution in [-0.2, 0) is 6.54 Å². The minimum atomic E-state index is 0.0575. The summed E-state index contributed by atoms with van der Waals surface area (Å²) in [5.41, 5.74) is 3.96.